The molecule has 0 bridgehead atoms. The Labute approximate surface area is 186 Å². The third kappa shape index (κ3) is 4.31. The zero-order chi connectivity index (χ0) is 22.9. The van der Waals surface area contributed by atoms with Crippen molar-refractivity contribution in [3.05, 3.63) is 68.6 Å². The predicted molar refractivity (Wildman–Crippen MR) is 118 cm³/mol. The molecule has 1 amide bonds. The number of aromatic hydroxyl groups is 1. The first-order chi connectivity index (χ1) is 16.0. The predicted octanol–water partition coefficient (Wildman–Crippen LogP) is -0.571. The molecule has 0 radical (unpaired) electrons. The highest BCUT2D eigenvalue weighted by atomic mass is 16.3. The summed E-state index contributed by atoms with van der Waals surface area (Å²) in [6, 6.07) is 7.46. The van der Waals surface area contributed by atoms with Crippen LogP contribution in [0.4, 0.5) is 5.95 Å². The van der Waals surface area contributed by atoms with Crippen LogP contribution in [0.1, 0.15) is 34.5 Å². The number of hydrogen-bond donors (Lipinski definition) is 5. The number of H-pyrrole nitrogens is 2. The van der Waals surface area contributed by atoms with E-state index in [0.29, 0.717) is 34.5 Å². The highest BCUT2D eigenvalue weighted by molar-refractivity contribution is 5.94. The quantitative estimate of drug-likeness (QED) is 0.264. The summed E-state index contributed by atoms with van der Waals surface area (Å²) in [5.41, 5.74) is 2.02. The second-order valence-corrected chi connectivity index (χ2v) is 7.66. The lowest BCUT2D eigenvalue weighted by molar-refractivity contribution is 0.0963. The first-order valence-electron chi connectivity index (χ1n) is 10.4. The smallest absolute Gasteiger partial charge is 0.326 e. The molecule has 12 nitrogen and oxygen atoms in total. The second-order valence-electron chi connectivity index (χ2n) is 7.66. The van der Waals surface area contributed by atoms with Crippen molar-refractivity contribution in [3.8, 4) is 5.88 Å². The molecular formula is C21H21N9O3. The fourth-order valence-corrected chi connectivity index (χ4v) is 3.31. The Morgan fingerprint density at radius 1 is 1.33 bits per heavy atom. The van der Waals surface area contributed by atoms with Crippen LogP contribution in [0.3, 0.4) is 0 Å². The van der Waals surface area contributed by atoms with Gasteiger partial charge in [-0.1, -0.05) is 12.1 Å². The van der Waals surface area contributed by atoms with E-state index >= 15 is 0 Å². The number of imidazole rings is 1. The summed E-state index contributed by atoms with van der Waals surface area (Å²) < 4.78 is 1.53. The van der Waals surface area contributed by atoms with Gasteiger partial charge in [0.15, 0.2) is 5.65 Å². The average molecular weight is 447 g/mol. The molecule has 3 heterocycles. The molecule has 3 aromatic heterocycles. The highest BCUT2D eigenvalue weighted by Crippen LogP contribution is 2.22. The second kappa shape index (κ2) is 8.22. The molecule has 4 aromatic rings. The van der Waals surface area contributed by atoms with Crippen molar-refractivity contribution in [2.45, 2.75) is 25.4 Å². The van der Waals surface area contributed by atoms with Crippen LogP contribution in [-0.4, -0.2) is 53.7 Å². The van der Waals surface area contributed by atoms with Gasteiger partial charge in [0.25, 0.3) is 11.5 Å². The fraction of sp³-hybridized carbons (Fsp3) is 0.238. The molecule has 1 saturated carbocycles. The maximum atomic E-state index is 11.9. The summed E-state index contributed by atoms with van der Waals surface area (Å²) >= 11 is 0. The van der Waals surface area contributed by atoms with Crippen molar-refractivity contribution >= 4 is 23.6 Å². The number of amides is 1. The third-order valence-electron chi connectivity index (χ3n) is 5.13. The lowest BCUT2D eigenvalue weighted by Gasteiger charge is -2.07. The molecule has 33 heavy (non-hydrogen) atoms. The lowest BCUT2D eigenvalue weighted by Crippen LogP contribution is -2.24. The van der Waals surface area contributed by atoms with E-state index in [1.807, 2.05) is 12.1 Å². The summed E-state index contributed by atoms with van der Waals surface area (Å²) in [6.07, 6.45) is 5.13. The van der Waals surface area contributed by atoms with Crippen LogP contribution in [0.5, 0.6) is 5.88 Å². The Morgan fingerprint density at radius 2 is 2.18 bits per heavy atom. The number of benzene rings is 1. The Balaban J connectivity index is 1.53. The van der Waals surface area contributed by atoms with Gasteiger partial charge in [-0.15, -0.1) is 0 Å². The van der Waals surface area contributed by atoms with Crippen LogP contribution >= 0.6 is 0 Å². The van der Waals surface area contributed by atoms with Crippen LogP contribution in [0.2, 0.25) is 0 Å². The number of carbonyl (C=O) groups excluding carboxylic acids is 1. The van der Waals surface area contributed by atoms with E-state index in [1.54, 1.807) is 31.5 Å². The Hall–Kier alpha value is -4.48. The summed E-state index contributed by atoms with van der Waals surface area (Å²) in [6.45, 7) is 0.392. The number of hydrogen-bond acceptors (Lipinski definition) is 8. The monoisotopic (exact) mass is 447 g/mol. The normalized spacial score (nSPS) is 14.7. The number of aromatic nitrogens is 6. The number of anilines is 1. The van der Waals surface area contributed by atoms with Gasteiger partial charge in [-0.3, -0.25) is 9.78 Å². The van der Waals surface area contributed by atoms with E-state index in [-0.39, 0.29) is 23.5 Å². The number of rotatable bonds is 6. The zero-order valence-electron chi connectivity index (χ0n) is 17.7. The highest BCUT2D eigenvalue weighted by Gasteiger charge is 2.21. The maximum absolute atomic E-state index is 11.9. The zero-order valence-corrected chi connectivity index (χ0v) is 17.7. The molecule has 5 N–H and O–H groups in total. The number of carbonyl (C=O) groups is 1. The SMILES string of the molecule is CNC(=O)c1cccc(CNc2nc(=NC3CC3)n3nc/c(=C/c4[nH]c(=O)[nH]c4O)c3n2)c1. The van der Waals surface area contributed by atoms with Crippen LogP contribution in [0.15, 0.2) is 40.2 Å². The van der Waals surface area contributed by atoms with Gasteiger partial charge in [0.05, 0.1) is 12.2 Å². The summed E-state index contributed by atoms with van der Waals surface area (Å²) in [7, 11) is 1.59. The van der Waals surface area contributed by atoms with Crippen molar-refractivity contribution in [1.82, 2.24) is 34.9 Å². The molecule has 0 atom stereocenters. The van der Waals surface area contributed by atoms with Crippen molar-refractivity contribution in [2.75, 3.05) is 12.4 Å². The Kier molecular flexibility index (Phi) is 5.09. The van der Waals surface area contributed by atoms with Gasteiger partial charge in [0.1, 0.15) is 5.69 Å². The van der Waals surface area contributed by atoms with Crippen LogP contribution in [0.25, 0.3) is 11.7 Å². The average Bonchev–Trinajstić information content (AvgIpc) is 3.45. The standard InChI is InChI=1S/C21H21N9O3/c1-22-17(31)12-4-2-3-11(7-12)9-23-19-27-16-13(8-15-18(32)28-21(33)26-15)10-24-30(16)20(29-19)25-14-5-6-14/h2-4,7-8,10,14,32H,5-6,9H2,1H3,(H,22,31)(H,23,25,29)(H2,26,28,33)/b13-8-. The fourth-order valence-electron chi connectivity index (χ4n) is 3.31. The van der Waals surface area contributed by atoms with Crippen molar-refractivity contribution in [2.24, 2.45) is 4.99 Å². The van der Waals surface area contributed by atoms with E-state index in [0.717, 1.165) is 18.4 Å². The minimum absolute atomic E-state index is 0.162. The van der Waals surface area contributed by atoms with Gasteiger partial charge < -0.3 is 20.7 Å². The third-order valence-corrected chi connectivity index (χ3v) is 5.13. The largest absolute Gasteiger partial charge is 0.493 e. The number of aromatic amines is 2. The van der Waals surface area contributed by atoms with Crippen molar-refractivity contribution < 1.29 is 9.90 Å². The van der Waals surface area contributed by atoms with Crippen molar-refractivity contribution in [1.29, 1.82) is 0 Å². The van der Waals surface area contributed by atoms with Crippen LogP contribution in [-0.2, 0) is 6.54 Å². The van der Waals surface area contributed by atoms with E-state index in [1.165, 1.54) is 4.52 Å². The topological polar surface area (TPSA) is 165 Å². The van der Waals surface area contributed by atoms with Crippen molar-refractivity contribution in [3.63, 3.8) is 0 Å². The molecule has 1 aromatic carbocycles. The summed E-state index contributed by atoms with van der Waals surface area (Å²) in [4.78, 5) is 41.9. The number of nitrogens with one attached hydrogen (secondary N) is 4. The van der Waals surface area contributed by atoms with E-state index in [9.17, 15) is 14.7 Å². The molecule has 0 spiro atoms. The maximum Gasteiger partial charge on any atom is 0.326 e. The molecule has 0 unspecified atom stereocenters. The van der Waals surface area contributed by atoms with Gasteiger partial charge in [-0.25, -0.2) is 9.79 Å². The van der Waals surface area contributed by atoms with Crippen LogP contribution < -0.4 is 27.2 Å². The first-order valence-corrected chi connectivity index (χ1v) is 10.4. The molecule has 1 aliphatic rings. The molecule has 1 fully saturated rings. The van der Waals surface area contributed by atoms with E-state index < -0.39 is 5.69 Å². The molecular weight excluding hydrogens is 426 g/mol. The number of fused-ring (bicyclic) bond motifs is 1. The molecule has 0 aliphatic heterocycles. The van der Waals surface area contributed by atoms with Crippen LogP contribution in [0, 0.1) is 0 Å². The summed E-state index contributed by atoms with van der Waals surface area (Å²) in [5, 5.41) is 20.6. The van der Waals surface area contributed by atoms with Gasteiger partial charge in [0, 0.05) is 24.4 Å². The molecule has 168 valence electrons. The molecule has 1 aliphatic carbocycles. The lowest BCUT2D eigenvalue weighted by atomic mass is 10.1. The van der Waals surface area contributed by atoms with Gasteiger partial charge in [0.2, 0.25) is 11.8 Å². The van der Waals surface area contributed by atoms with E-state index in [2.05, 4.69) is 40.7 Å². The van der Waals surface area contributed by atoms with Gasteiger partial charge in [-0.05, 0) is 36.6 Å². The minimum Gasteiger partial charge on any atom is -0.493 e. The molecule has 12 heteroatoms. The summed E-state index contributed by atoms with van der Waals surface area (Å²) in [5.74, 6) is -0.0923. The Morgan fingerprint density at radius 3 is 2.91 bits per heavy atom. The number of nitrogens with zero attached hydrogens (tertiary/aromatic N) is 5. The van der Waals surface area contributed by atoms with Gasteiger partial charge in [-0.2, -0.15) is 19.6 Å². The van der Waals surface area contributed by atoms with Gasteiger partial charge >= 0.3 is 5.69 Å². The molecule has 0 saturated heterocycles. The van der Waals surface area contributed by atoms with E-state index in [4.69, 9.17) is 0 Å². The first kappa shape index (κ1) is 20.4. The minimum atomic E-state index is -0.518. The molecule has 5 rings (SSSR count). The Bertz CT molecular complexity index is 1530.